The van der Waals surface area contributed by atoms with E-state index in [-0.39, 0.29) is 11.0 Å². The minimum absolute atomic E-state index is 0.0732. The first-order valence-corrected chi connectivity index (χ1v) is 6.68. The molecule has 1 atom stereocenters. The normalized spacial score (nSPS) is 12.3. The maximum Gasteiger partial charge on any atom is 0.169 e. The first-order chi connectivity index (χ1) is 8.68. The molecule has 0 aliphatic carbocycles. The minimum atomic E-state index is 0.0732. The molecule has 0 bridgehead atoms. The van der Waals surface area contributed by atoms with E-state index in [2.05, 4.69) is 15.5 Å². The van der Waals surface area contributed by atoms with Gasteiger partial charge in [-0.1, -0.05) is 18.2 Å². The summed E-state index contributed by atoms with van der Waals surface area (Å²) in [4.78, 5) is 11.0. The Balaban J connectivity index is 2.20. The van der Waals surface area contributed by atoms with Crippen molar-refractivity contribution in [2.75, 3.05) is 5.75 Å². The lowest BCUT2D eigenvalue weighted by Crippen LogP contribution is -2.06. The summed E-state index contributed by atoms with van der Waals surface area (Å²) < 4.78 is 1.71. The molecule has 0 aliphatic heterocycles. The Morgan fingerprint density at radius 2 is 2.11 bits per heavy atom. The molecule has 0 amide bonds. The van der Waals surface area contributed by atoms with E-state index >= 15 is 0 Å². The molecule has 0 saturated heterocycles. The zero-order chi connectivity index (χ0) is 13.0. The van der Waals surface area contributed by atoms with E-state index in [4.69, 9.17) is 0 Å². The van der Waals surface area contributed by atoms with Crippen LogP contribution in [0.3, 0.4) is 0 Å². The van der Waals surface area contributed by atoms with Crippen molar-refractivity contribution in [3.05, 3.63) is 36.2 Å². The Kier molecular flexibility index (Phi) is 4.09. The predicted octanol–water partition coefficient (Wildman–Crippen LogP) is 2.05. The average Bonchev–Trinajstić information content (AvgIpc) is 2.86. The van der Waals surface area contributed by atoms with Crippen LogP contribution in [0.5, 0.6) is 0 Å². The summed E-state index contributed by atoms with van der Waals surface area (Å²) in [6, 6.07) is 9.72. The fraction of sp³-hybridized carbons (Fsp3) is 0.333. The van der Waals surface area contributed by atoms with E-state index in [0.29, 0.717) is 5.75 Å². The SMILES string of the molecule is CC(=O)CSC(C)c1nnnn1-c1ccccc1. The molecule has 1 unspecified atom stereocenters. The first kappa shape index (κ1) is 12.8. The number of aromatic nitrogens is 4. The number of tetrazole rings is 1. The van der Waals surface area contributed by atoms with Gasteiger partial charge in [-0.05, 0) is 36.4 Å². The van der Waals surface area contributed by atoms with E-state index in [1.807, 2.05) is 37.3 Å². The van der Waals surface area contributed by atoms with Gasteiger partial charge in [0.05, 0.1) is 16.7 Å². The zero-order valence-corrected chi connectivity index (χ0v) is 11.1. The van der Waals surface area contributed by atoms with Crippen molar-refractivity contribution in [3.8, 4) is 5.69 Å². The molecule has 0 saturated carbocycles. The molecule has 18 heavy (non-hydrogen) atoms. The fourth-order valence-electron chi connectivity index (χ4n) is 1.52. The lowest BCUT2D eigenvalue weighted by Gasteiger charge is -2.10. The Labute approximate surface area is 110 Å². The highest BCUT2D eigenvalue weighted by molar-refractivity contribution is 8.00. The molecular formula is C12H14N4OS. The highest BCUT2D eigenvalue weighted by Gasteiger charge is 2.16. The van der Waals surface area contributed by atoms with Gasteiger partial charge < -0.3 is 0 Å². The molecule has 2 aromatic rings. The van der Waals surface area contributed by atoms with Crippen LogP contribution in [-0.2, 0) is 4.79 Å². The Morgan fingerprint density at radius 3 is 2.78 bits per heavy atom. The Hall–Kier alpha value is -1.69. The van der Waals surface area contributed by atoms with Crippen LogP contribution < -0.4 is 0 Å². The fourth-order valence-corrected chi connectivity index (χ4v) is 2.30. The van der Waals surface area contributed by atoms with E-state index in [0.717, 1.165) is 11.5 Å². The summed E-state index contributed by atoms with van der Waals surface area (Å²) in [5.74, 6) is 1.39. The van der Waals surface area contributed by atoms with Crippen LogP contribution >= 0.6 is 11.8 Å². The monoisotopic (exact) mass is 262 g/mol. The number of para-hydroxylation sites is 1. The topological polar surface area (TPSA) is 60.7 Å². The van der Waals surface area contributed by atoms with Crippen molar-refractivity contribution in [2.45, 2.75) is 19.1 Å². The largest absolute Gasteiger partial charge is 0.299 e. The van der Waals surface area contributed by atoms with Gasteiger partial charge in [0.2, 0.25) is 0 Å². The third-order valence-electron chi connectivity index (χ3n) is 2.39. The maximum atomic E-state index is 11.0. The molecule has 0 radical (unpaired) electrons. The van der Waals surface area contributed by atoms with Crippen LogP contribution in [0.2, 0.25) is 0 Å². The van der Waals surface area contributed by atoms with E-state index < -0.39 is 0 Å². The molecule has 1 aromatic carbocycles. The van der Waals surface area contributed by atoms with Crippen molar-refractivity contribution in [3.63, 3.8) is 0 Å². The van der Waals surface area contributed by atoms with Gasteiger partial charge >= 0.3 is 0 Å². The second-order valence-electron chi connectivity index (χ2n) is 3.94. The summed E-state index contributed by atoms with van der Waals surface area (Å²) in [6.45, 7) is 3.58. The predicted molar refractivity (Wildman–Crippen MR) is 70.7 cm³/mol. The Bertz CT molecular complexity index is 526. The van der Waals surface area contributed by atoms with Crippen molar-refractivity contribution in [2.24, 2.45) is 0 Å². The van der Waals surface area contributed by atoms with Gasteiger partial charge in [0.25, 0.3) is 0 Å². The first-order valence-electron chi connectivity index (χ1n) is 5.63. The standard InChI is InChI=1S/C12H14N4OS/c1-9(17)8-18-10(2)12-13-14-15-16(12)11-6-4-3-5-7-11/h3-7,10H,8H2,1-2H3. The summed E-state index contributed by atoms with van der Waals surface area (Å²) >= 11 is 1.54. The second kappa shape index (κ2) is 5.77. The van der Waals surface area contributed by atoms with Crippen LogP contribution in [-0.4, -0.2) is 31.7 Å². The third kappa shape index (κ3) is 2.95. The summed E-state index contributed by atoms with van der Waals surface area (Å²) in [7, 11) is 0. The van der Waals surface area contributed by atoms with E-state index in [9.17, 15) is 4.79 Å². The molecule has 5 nitrogen and oxygen atoms in total. The molecule has 0 fully saturated rings. The van der Waals surface area contributed by atoms with Crippen LogP contribution in [0, 0.1) is 0 Å². The summed E-state index contributed by atoms with van der Waals surface area (Å²) in [5.41, 5.74) is 0.924. The number of carbonyl (C=O) groups is 1. The minimum Gasteiger partial charge on any atom is -0.299 e. The molecule has 0 N–H and O–H groups in total. The Morgan fingerprint density at radius 1 is 1.39 bits per heavy atom. The van der Waals surface area contributed by atoms with Crippen molar-refractivity contribution >= 4 is 17.5 Å². The van der Waals surface area contributed by atoms with Crippen LogP contribution in [0.4, 0.5) is 0 Å². The lowest BCUT2D eigenvalue weighted by molar-refractivity contribution is -0.114. The summed E-state index contributed by atoms with van der Waals surface area (Å²) in [5, 5.41) is 11.8. The summed E-state index contributed by atoms with van der Waals surface area (Å²) in [6.07, 6.45) is 0. The molecule has 6 heteroatoms. The number of benzene rings is 1. The number of thioether (sulfide) groups is 1. The number of rotatable bonds is 5. The van der Waals surface area contributed by atoms with Gasteiger partial charge in [-0.15, -0.1) is 16.9 Å². The quantitative estimate of drug-likeness (QED) is 0.825. The van der Waals surface area contributed by atoms with E-state index in [1.54, 1.807) is 11.6 Å². The van der Waals surface area contributed by atoms with Crippen LogP contribution in [0.15, 0.2) is 30.3 Å². The smallest absolute Gasteiger partial charge is 0.169 e. The van der Waals surface area contributed by atoms with Gasteiger partial charge in [-0.3, -0.25) is 4.79 Å². The molecule has 2 rings (SSSR count). The number of hydrogen-bond donors (Lipinski definition) is 0. The van der Waals surface area contributed by atoms with Crippen LogP contribution in [0.25, 0.3) is 5.69 Å². The highest BCUT2D eigenvalue weighted by Crippen LogP contribution is 2.27. The molecule has 1 aromatic heterocycles. The molecule has 1 heterocycles. The van der Waals surface area contributed by atoms with Gasteiger partial charge in [0, 0.05) is 0 Å². The van der Waals surface area contributed by atoms with Gasteiger partial charge in [-0.2, -0.15) is 4.68 Å². The second-order valence-corrected chi connectivity index (χ2v) is 5.27. The van der Waals surface area contributed by atoms with Crippen molar-refractivity contribution < 1.29 is 4.79 Å². The highest BCUT2D eigenvalue weighted by atomic mass is 32.2. The molecular weight excluding hydrogens is 248 g/mol. The van der Waals surface area contributed by atoms with Gasteiger partial charge in [0.15, 0.2) is 5.82 Å². The number of Topliss-reactive ketones (excluding diaryl/α,β-unsaturated/α-hetero) is 1. The number of carbonyl (C=O) groups excluding carboxylic acids is 1. The molecule has 0 spiro atoms. The van der Waals surface area contributed by atoms with Gasteiger partial charge in [-0.25, -0.2) is 0 Å². The van der Waals surface area contributed by atoms with Gasteiger partial charge in [0.1, 0.15) is 5.78 Å². The number of hydrogen-bond acceptors (Lipinski definition) is 5. The van der Waals surface area contributed by atoms with Crippen molar-refractivity contribution in [1.82, 2.24) is 20.2 Å². The van der Waals surface area contributed by atoms with Crippen molar-refractivity contribution in [1.29, 1.82) is 0 Å². The maximum absolute atomic E-state index is 11.0. The molecule has 0 aliphatic rings. The number of nitrogens with zero attached hydrogens (tertiary/aromatic N) is 4. The third-order valence-corrected chi connectivity index (χ3v) is 3.68. The van der Waals surface area contributed by atoms with E-state index in [1.165, 1.54) is 11.8 Å². The zero-order valence-electron chi connectivity index (χ0n) is 10.3. The average molecular weight is 262 g/mol. The number of ketones is 1. The molecule has 94 valence electrons. The van der Waals surface area contributed by atoms with Crippen LogP contribution in [0.1, 0.15) is 24.9 Å². The lowest BCUT2D eigenvalue weighted by atomic mass is 10.3.